The second-order valence-electron chi connectivity index (χ2n) is 4.09. The van der Waals surface area contributed by atoms with E-state index in [9.17, 15) is 15.2 Å². The quantitative estimate of drug-likeness (QED) is 0.539. The molecule has 1 N–H and O–H groups in total. The number of aliphatic hydroxyl groups is 1. The third-order valence-electron chi connectivity index (χ3n) is 2.19. The Morgan fingerprint density at radius 2 is 2.40 bits per heavy atom. The van der Waals surface area contributed by atoms with E-state index >= 15 is 0 Å². The number of ether oxygens (including phenoxy) is 2. The Kier molecular flexibility index (Phi) is 4.44. The minimum atomic E-state index is -1.43. The maximum absolute atomic E-state index is 10.2. The predicted molar refractivity (Wildman–Crippen MR) is 52.0 cm³/mol. The van der Waals surface area contributed by atoms with Crippen LogP contribution in [-0.2, 0) is 9.47 Å². The average Bonchev–Trinajstić information content (AvgIpc) is 2.15. The van der Waals surface area contributed by atoms with Crippen LogP contribution in [0.5, 0.6) is 0 Å². The Morgan fingerprint density at radius 3 is 2.93 bits per heavy atom. The Balaban J connectivity index is 2.24. The van der Waals surface area contributed by atoms with Crippen LogP contribution in [0.1, 0.15) is 26.2 Å². The molecule has 0 aliphatic carbocycles. The Labute approximate surface area is 88.3 Å². The van der Waals surface area contributed by atoms with E-state index in [1.807, 2.05) is 0 Å². The molecule has 1 saturated heterocycles. The summed E-state index contributed by atoms with van der Waals surface area (Å²) in [7, 11) is 0. The fourth-order valence-corrected chi connectivity index (χ4v) is 1.44. The molecule has 1 aliphatic heterocycles. The van der Waals surface area contributed by atoms with Crippen molar-refractivity contribution >= 4 is 0 Å². The number of nitro groups is 1. The van der Waals surface area contributed by atoms with E-state index in [1.54, 1.807) is 0 Å². The SMILES string of the molecule is CC(O)(COC1CCCCO1)C[N+](=O)[O-]. The highest BCUT2D eigenvalue weighted by molar-refractivity contribution is 4.71. The van der Waals surface area contributed by atoms with Gasteiger partial charge in [-0.2, -0.15) is 0 Å². The number of hydrogen-bond donors (Lipinski definition) is 1. The smallest absolute Gasteiger partial charge is 0.234 e. The zero-order valence-electron chi connectivity index (χ0n) is 8.85. The molecule has 1 aliphatic rings. The van der Waals surface area contributed by atoms with E-state index in [-0.39, 0.29) is 12.9 Å². The molecule has 0 aromatic heterocycles. The number of hydrogen-bond acceptors (Lipinski definition) is 5. The van der Waals surface area contributed by atoms with Gasteiger partial charge in [-0.1, -0.05) is 0 Å². The molecule has 0 aromatic rings. The summed E-state index contributed by atoms with van der Waals surface area (Å²) >= 11 is 0. The van der Waals surface area contributed by atoms with Crippen molar-refractivity contribution in [3.8, 4) is 0 Å². The van der Waals surface area contributed by atoms with Gasteiger partial charge in [0.2, 0.25) is 6.54 Å². The highest BCUT2D eigenvalue weighted by atomic mass is 16.7. The van der Waals surface area contributed by atoms with Crippen LogP contribution in [0.15, 0.2) is 0 Å². The average molecular weight is 219 g/mol. The summed E-state index contributed by atoms with van der Waals surface area (Å²) in [5.41, 5.74) is -1.43. The molecule has 0 bridgehead atoms. The normalized spacial score (nSPS) is 25.9. The van der Waals surface area contributed by atoms with Crippen LogP contribution in [-0.4, -0.2) is 41.7 Å². The lowest BCUT2D eigenvalue weighted by Crippen LogP contribution is -2.40. The van der Waals surface area contributed by atoms with Crippen LogP contribution in [0.25, 0.3) is 0 Å². The monoisotopic (exact) mass is 219 g/mol. The number of rotatable bonds is 5. The van der Waals surface area contributed by atoms with Crippen molar-refractivity contribution in [2.24, 2.45) is 0 Å². The van der Waals surface area contributed by atoms with Gasteiger partial charge in [-0.15, -0.1) is 0 Å². The summed E-state index contributed by atoms with van der Waals surface area (Å²) in [6, 6.07) is 0. The van der Waals surface area contributed by atoms with Crippen LogP contribution in [0.2, 0.25) is 0 Å². The largest absolute Gasteiger partial charge is 0.381 e. The molecule has 2 atom stereocenters. The Bertz CT molecular complexity index is 213. The van der Waals surface area contributed by atoms with Gasteiger partial charge >= 0.3 is 0 Å². The standard InChI is InChI=1S/C9H17NO5/c1-9(11,6-10(12)13)7-15-8-4-2-3-5-14-8/h8,11H,2-7H2,1H3. The van der Waals surface area contributed by atoms with Gasteiger partial charge in [0.05, 0.1) is 6.61 Å². The van der Waals surface area contributed by atoms with Crippen LogP contribution in [0.3, 0.4) is 0 Å². The Morgan fingerprint density at radius 1 is 1.67 bits per heavy atom. The highest BCUT2D eigenvalue weighted by Crippen LogP contribution is 2.15. The van der Waals surface area contributed by atoms with Crippen LogP contribution in [0.4, 0.5) is 0 Å². The first-order valence-electron chi connectivity index (χ1n) is 5.07. The summed E-state index contributed by atoms with van der Waals surface area (Å²) in [5.74, 6) is 0. The van der Waals surface area contributed by atoms with Gasteiger partial charge < -0.3 is 14.6 Å². The lowest BCUT2D eigenvalue weighted by Gasteiger charge is -2.26. The topological polar surface area (TPSA) is 81.8 Å². The third kappa shape index (κ3) is 5.06. The van der Waals surface area contributed by atoms with Gasteiger partial charge in [-0.05, 0) is 26.2 Å². The van der Waals surface area contributed by atoms with Gasteiger partial charge in [0, 0.05) is 11.5 Å². The first-order valence-corrected chi connectivity index (χ1v) is 5.07. The summed E-state index contributed by atoms with van der Waals surface area (Å²) in [4.78, 5) is 9.67. The summed E-state index contributed by atoms with van der Waals surface area (Å²) in [6.07, 6.45) is 2.51. The molecule has 2 unspecified atom stereocenters. The van der Waals surface area contributed by atoms with Crippen molar-refractivity contribution in [3.05, 3.63) is 10.1 Å². The summed E-state index contributed by atoms with van der Waals surface area (Å²) in [6.45, 7) is 1.46. The molecular weight excluding hydrogens is 202 g/mol. The van der Waals surface area contributed by atoms with Crippen molar-refractivity contribution in [2.45, 2.75) is 38.1 Å². The molecule has 6 heteroatoms. The molecule has 1 rings (SSSR count). The van der Waals surface area contributed by atoms with Gasteiger partial charge in [-0.25, -0.2) is 0 Å². The summed E-state index contributed by atoms with van der Waals surface area (Å²) in [5, 5.41) is 19.8. The van der Waals surface area contributed by atoms with Crippen LogP contribution in [0, 0.1) is 10.1 Å². The molecule has 1 heterocycles. The van der Waals surface area contributed by atoms with Gasteiger partial charge in [0.15, 0.2) is 6.29 Å². The van der Waals surface area contributed by atoms with Crippen LogP contribution >= 0.6 is 0 Å². The van der Waals surface area contributed by atoms with E-state index in [0.717, 1.165) is 19.3 Å². The lowest BCUT2D eigenvalue weighted by atomic mass is 10.1. The second kappa shape index (κ2) is 5.39. The zero-order valence-corrected chi connectivity index (χ0v) is 8.85. The van der Waals surface area contributed by atoms with Gasteiger partial charge in [0.25, 0.3) is 0 Å². The molecular formula is C9H17NO5. The lowest BCUT2D eigenvalue weighted by molar-refractivity contribution is -0.501. The Hall–Kier alpha value is -0.720. The predicted octanol–water partition coefficient (Wildman–Crippen LogP) is 0.557. The third-order valence-corrected chi connectivity index (χ3v) is 2.19. The zero-order chi connectivity index (χ0) is 11.3. The van der Waals surface area contributed by atoms with Crippen molar-refractivity contribution < 1.29 is 19.5 Å². The first kappa shape index (κ1) is 12.4. The molecule has 0 radical (unpaired) electrons. The number of nitrogens with zero attached hydrogens (tertiary/aromatic N) is 1. The van der Waals surface area contributed by atoms with E-state index in [4.69, 9.17) is 9.47 Å². The fraction of sp³-hybridized carbons (Fsp3) is 1.00. The van der Waals surface area contributed by atoms with E-state index < -0.39 is 17.1 Å². The molecule has 1 fully saturated rings. The molecule has 6 nitrogen and oxygen atoms in total. The molecule has 0 spiro atoms. The van der Waals surface area contributed by atoms with E-state index in [1.165, 1.54) is 6.92 Å². The maximum Gasteiger partial charge on any atom is 0.234 e. The molecule has 88 valence electrons. The molecule has 0 aromatic carbocycles. The van der Waals surface area contributed by atoms with Crippen molar-refractivity contribution in [3.63, 3.8) is 0 Å². The highest BCUT2D eigenvalue weighted by Gasteiger charge is 2.29. The molecule has 0 amide bonds. The first-order chi connectivity index (χ1) is 6.99. The minimum absolute atomic E-state index is 0.0708. The molecule has 15 heavy (non-hydrogen) atoms. The van der Waals surface area contributed by atoms with Gasteiger partial charge in [-0.3, -0.25) is 10.1 Å². The minimum Gasteiger partial charge on any atom is -0.381 e. The van der Waals surface area contributed by atoms with Crippen molar-refractivity contribution in [2.75, 3.05) is 19.8 Å². The summed E-state index contributed by atoms with van der Waals surface area (Å²) < 4.78 is 10.5. The van der Waals surface area contributed by atoms with E-state index in [2.05, 4.69) is 0 Å². The second-order valence-corrected chi connectivity index (χ2v) is 4.09. The fourth-order valence-electron chi connectivity index (χ4n) is 1.44. The van der Waals surface area contributed by atoms with Gasteiger partial charge in [0.1, 0.15) is 5.60 Å². The van der Waals surface area contributed by atoms with Crippen LogP contribution < -0.4 is 0 Å². The maximum atomic E-state index is 10.2. The molecule has 0 saturated carbocycles. The van der Waals surface area contributed by atoms with Crippen molar-refractivity contribution in [1.82, 2.24) is 0 Å². The van der Waals surface area contributed by atoms with Crippen molar-refractivity contribution in [1.29, 1.82) is 0 Å². The van der Waals surface area contributed by atoms with E-state index in [0.29, 0.717) is 6.61 Å².